The number of H-pyrrole nitrogens is 1. The van der Waals surface area contributed by atoms with Crippen molar-refractivity contribution in [2.45, 2.75) is 6.92 Å². The van der Waals surface area contributed by atoms with Crippen molar-refractivity contribution in [1.82, 2.24) is 9.97 Å². The van der Waals surface area contributed by atoms with Crippen LogP contribution < -0.4 is 5.32 Å². The van der Waals surface area contributed by atoms with Crippen molar-refractivity contribution in [3.05, 3.63) is 54.6 Å². The van der Waals surface area contributed by atoms with Crippen molar-refractivity contribution in [2.24, 2.45) is 4.99 Å². The highest BCUT2D eigenvalue weighted by Crippen LogP contribution is 2.16. The highest BCUT2D eigenvalue weighted by molar-refractivity contribution is 5.95. The minimum Gasteiger partial charge on any atom is -0.344 e. The number of aliphatic imine (C=N–C) groups is 1. The summed E-state index contributed by atoms with van der Waals surface area (Å²) in [5.74, 6) is 1.41. The summed E-state index contributed by atoms with van der Waals surface area (Å²) in [6.07, 6.45) is 0. The van der Waals surface area contributed by atoms with Crippen LogP contribution in [-0.4, -0.2) is 15.8 Å². The number of fused-ring (bicyclic) bond motifs is 1. The molecule has 2 N–H and O–H groups in total. The Bertz CT molecular complexity index is 680. The number of aromatic amines is 1. The molecule has 0 bridgehead atoms. The van der Waals surface area contributed by atoms with Gasteiger partial charge in [-0.2, -0.15) is 0 Å². The Morgan fingerprint density at radius 2 is 1.79 bits per heavy atom. The van der Waals surface area contributed by atoms with Crippen LogP contribution in [0.2, 0.25) is 0 Å². The average Bonchev–Trinajstić information content (AvgIpc) is 2.81. The normalized spacial score (nSPS) is 11.7. The van der Waals surface area contributed by atoms with E-state index in [9.17, 15) is 0 Å². The Labute approximate surface area is 111 Å². The van der Waals surface area contributed by atoms with E-state index in [-0.39, 0.29) is 0 Å². The van der Waals surface area contributed by atoms with Crippen LogP contribution in [-0.2, 0) is 0 Å². The number of para-hydroxylation sites is 3. The van der Waals surface area contributed by atoms with Gasteiger partial charge in [0, 0.05) is 5.69 Å². The molecule has 3 rings (SSSR count). The first-order chi connectivity index (χ1) is 9.31. The SMILES string of the molecule is C/C(=N/c1nc2ccccc2[nH]1)Nc1ccccc1. The molecular formula is C15H14N4. The predicted octanol–water partition coefficient (Wildman–Crippen LogP) is 3.72. The summed E-state index contributed by atoms with van der Waals surface area (Å²) < 4.78 is 0. The molecule has 0 aliphatic rings. The van der Waals surface area contributed by atoms with Gasteiger partial charge in [-0.15, -0.1) is 0 Å². The van der Waals surface area contributed by atoms with E-state index in [1.54, 1.807) is 0 Å². The molecule has 0 amide bonds. The maximum atomic E-state index is 4.43. The third kappa shape index (κ3) is 2.63. The lowest BCUT2D eigenvalue weighted by molar-refractivity contribution is 1.26. The zero-order valence-electron chi connectivity index (χ0n) is 10.6. The van der Waals surface area contributed by atoms with Gasteiger partial charge >= 0.3 is 0 Å². The summed E-state index contributed by atoms with van der Waals surface area (Å²) in [5.41, 5.74) is 2.93. The maximum Gasteiger partial charge on any atom is 0.229 e. The van der Waals surface area contributed by atoms with Gasteiger partial charge in [0.15, 0.2) is 0 Å². The number of rotatable bonds is 2. The highest BCUT2D eigenvalue weighted by Gasteiger charge is 2.00. The summed E-state index contributed by atoms with van der Waals surface area (Å²) >= 11 is 0. The van der Waals surface area contributed by atoms with Crippen LogP contribution in [0.4, 0.5) is 11.6 Å². The quantitative estimate of drug-likeness (QED) is 0.538. The van der Waals surface area contributed by atoms with Gasteiger partial charge in [-0.1, -0.05) is 30.3 Å². The summed E-state index contributed by atoms with van der Waals surface area (Å²) in [6.45, 7) is 1.92. The summed E-state index contributed by atoms with van der Waals surface area (Å²) in [7, 11) is 0. The van der Waals surface area contributed by atoms with E-state index in [4.69, 9.17) is 0 Å². The molecular weight excluding hydrogens is 236 g/mol. The molecule has 94 valence electrons. The Morgan fingerprint density at radius 3 is 2.58 bits per heavy atom. The van der Waals surface area contributed by atoms with E-state index in [0.29, 0.717) is 5.95 Å². The number of nitrogens with zero attached hydrogens (tertiary/aromatic N) is 2. The lowest BCUT2D eigenvalue weighted by Crippen LogP contribution is -2.06. The van der Waals surface area contributed by atoms with Crippen LogP contribution in [0.15, 0.2) is 59.6 Å². The van der Waals surface area contributed by atoms with Gasteiger partial charge in [-0.25, -0.2) is 9.98 Å². The second-order valence-electron chi connectivity index (χ2n) is 4.27. The number of anilines is 1. The fourth-order valence-corrected chi connectivity index (χ4v) is 1.91. The van der Waals surface area contributed by atoms with Gasteiger partial charge in [0.05, 0.1) is 11.0 Å². The second-order valence-corrected chi connectivity index (χ2v) is 4.27. The second kappa shape index (κ2) is 4.94. The first-order valence-corrected chi connectivity index (χ1v) is 6.13. The number of nitrogens with one attached hydrogen (secondary N) is 2. The molecule has 0 radical (unpaired) electrons. The Balaban J connectivity index is 1.84. The Morgan fingerprint density at radius 1 is 1.05 bits per heavy atom. The van der Waals surface area contributed by atoms with Crippen molar-refractivity contribution in [2.75, 3.05) is 5.32 Å². The van der Waals surface area contributed by atoms with E-state index in [1.807, 2.05) is 61.5 Å². The number of benzene rings is 2. The van der Waals surface area contributed by atoms with Gasteiger partial charge in [0.2, 0.25) is 5.95 Å². The molecule has 0 aliphatic carbocycles. The molecule has 4 heteroatoms. The van der Waals surface area contributed by atoms with Crippen LogP contribution in [0.3, 0.4) is 0 Å². The highest BCUT2D eigenvalue weighted by atomic mass is 15.1. The monoisotopic (exact) mass is 250 g/mol. The number of hydrogen-bond acceptors (Lipinski definition) is 2. The zero-order chi connectivity index (χ0) is 13.1. The molecule has 0 spiro atoms. The van der Waals surface area contributed by atoms with Crippen molar-refractivity contribution >= 4 is 28.5 Å². The Hall–Kier alpha value is -2.62. The predicted molar refractivity (Wildman–Crippen MR) is 78.9 cm³/mol. The van der Waals surface area contributed by atoms with Gasteiger partial charge in [-0.3, -0.25) is 0 Å². The van der Waals surface area contributed by atoms with Crippen LogP contribution in [0, 0.1) is 0 Å². The fourth-order valence-electron chi connectivity index (χ4n) is 1.91. The molecule has 19 heavy (non-hydrogen) atoms. The minimum absolute atomic E-state index is 0.613. The number of imidazole rings is 1. The molecule has 0 unspecified atom stereocenters. The Kier molecular flexibility index (Phi) is 2.98. The van der Waals surface area contributed by atoms with Crippen molar-refractivity contribution in [1.29, 1.82) is 0 Å². The van der Waals surface area contributed by atoms with Crippen LogP contribution >= 0.6 is 0 Å². The summed E-state index contributed by atoms with van der Waals surface area (Å²) in [4.78, 5) is 12.0. The van der Waals surface area contributed by atoms with E-state index in [2.05, 4.69) is 20.3 Å². The molecule has 1 heterocycles. The van der Waals surface area contributed by atoms with Crippen molar-refractivity contribution in [3.63, 3.8) is 0 Å². The van der Waals surface area contributed by atoms with Crippen LogP contribution in [0.25, 0.3) is 11.0 Å². The largest absolute Gasteiger partial charge is 0.344 e. The summed E-state index contributed by atoms with van der Waals surface area (Å²) in [6, 6.07) is 17.8. The zero-order valence-corrected chi connectivity index (χ0v) is 10.6. The smallest absolute Gasteiger partial charge is 0.229 e. The molecule has 0 saturated heterocycles. The van der Waals surface area contributed by atoms with Crippen LogP contribution in [0.5, 0.6) is 0 Å². The number of hydrogen-bond donors (Lipinski definition) is 2. The summed E-state index contributed by atoms with van der Waals surface area (Å²) in [5, 5.41) is 3.22. The van der Waals surface area contributed by atoms with E-state index < -0.39 is 0 Å². The van der Waals surface area contributed by atoms with Gasteiger partial charge in [0.1, 0.15) is 5.84 Å². The van der Waals surface area contributed by atoms with E-state index in [0.717, 1.165) is 22.6 Å². The maximum absolute atomic E-state index is 4.43. The topological polar surface area (TPSA) is 53.1 Å². The molecule has 0 aliphatic heterocycles. The van der Waals surface area contributed by atoms with Crippen molar-refractivity contribution in [3.8, 4) is 0 Å². The molecule has 0 fully saturated rings. The van der Waals surface area contributed by atoms with Gasteiger partial charge in [-0.05, 0) is 31.2 Å². The lowest BCUT2D eigenvalue weighted by Gasteiger charge is -2.03. The first kappa shape index (κ1) is 11.5. The van der Waals surface area contributed by atoms with E-state index in [1.165, 1.54) is 0 Å². The molecule has 0 saturated carbocycles. The molecule has 2 aromatic carbocycles. The standard InChI is InChI=1S/C15H14N4/c1-11(16-12-7-3-2-4-8-12)17-15-18-13-9-5-6-10-14(13)19-15/h2-10H,1H3,(H2,16,17,18,19). The number of amidine groups is 1. The third-order valence-electron chi connectivity index (χ3n) is 2.75. The average molecular weight is 250 g/mol. The molecule has 4 nitrogen and oxygen atoms in total. The van der Waals surface area contributed by atoms with Gasteiger partial charge < -0.3 is 10.3 Å². The first-order valence-electron chi connectivity index (χ1n) is 6.13. The molecule has 1 aromatic heterocycles. The lowest BCUT2D eigenvalue weighted by atomic mass is 10.3. The molecule has 3 aromatic rings. The fraction of sp³-hybridized carbons (Fsp3) is 0.0667. The molecule has 0 atom stereocenters. The van der Waals surface area contributed by atoms with Crippen LogP contribution in [0.1, 0.15) is 6.92 Å². The minimum atomic E-state index is 0.613. The van der Waals surface area contributed by atoms with Crippen molar-refractivity contribution < 1.29 is 0 Å². The van der Waals surface area contributed by atoms with E-state index >= 15 is 0 Å². The van der Waals surface area contributed by atoms with Gasteiger partial charge in [0.25, 0.3) is 0 Å². The number of aromatic nitrogens is 2. The third-order valence-corrected chi connectivity index (χ3v) is 2.75.